The minimum Gasteiger partial charge on any atom is -0.471 e. The summed E-state index contributed by atoms with van der Waals surface area (Å²) in [5.41, 5.74) is 7.63. The van der Waals surface area contributed by atoms with E-state index in [1.54, 1.807) is 7.05 Å². The molecule has 1 aliphatic heterocycles. The van der Waals surface area contributed by atoms with Crippen LogP contribution in [-0.2, 0) is 35.1 Å². The molecule has 322 valence electrons. The van der Waals surface area contributed by atoms with Crippen LogP contribution in [0.15, 0.2) is 85.1 Å². The third kappa shape index (κ3) is 11.9. The highest BCUT2D eigenvalue weighted by Gasteiger charge is 2.36. The Morgan fingerprint density at radius 3 is 2.25 bits per heavy atom. The number of likely N-dealkylation sites (N-methyl/N-ethyl adjacent to an activating group) is 2. The number of nitrogens with zero attached hydrogens (tertiary/aromatic N) is 4. The first kappa shape index (κ1) is 45.6. The molecule has 0 aliphatic carbocycles. The van der Waals surface area contributed by atoms with Crippen molar-refractivity contribution in [2.24, 2.45) is 5.92 Å². The van der Waals surface area contributed by atoms with Crippen LogP contribution < -0.4 is 16.0 Å². The molecule has 1 saturated heterocycles. The molecule has 0 spiro atoms. The maximum atomic E-state index is 13.4. The average Bonchev–Trinajstić information content (AvgIpc) is 4.07. The van der Waals surface area contributed by atoms with Crippen LogP contribution in [0.2, 0.25) is 0 Å². The van der Waals surface area contributed by atoms with E-state index in [1.165, 1.54) is 14.2 Å². The number of ether oxygens (including phenoxy) is 2. The van der Waals surface area contributed by atoms with E-state index in [4.69, 9.17) is 19.6 Å². The van der Waals surface area contributed by atoms with Crippen molar-refractivity contribution in [1.82, 2.24) is 45.8 Å². The van der Waals surface area contributed by atoms with Crippen LogP contribution in [0.25, 0.3) is 44.5 Å². The Hall–Kier alpha value is -6.45. The van der Waals surface area contributed by atoms with Crippen LogP contribution >= 0.6 is 0 Å². The van der Waals surface area contributed by atoms with Gasteiger partial charge >= 0.3 is 0 Å². The lowest BCUT2D eigenvalue weighted by atomic mass is 10.0. The first-order valence-electron chi connectivity index (χ1n) is 20.5. The molecule has 5 N–H and O–H groups in total. The van der Waals surface area contributed by atoms with Crippen LogP contribution in [0.3, 0.4) is 0 Å². The number of likely N-dealkylation sites (tertiary alicyclic amines) is 1. The third-order valence-electron chi connectivity index (χ3n) is 10.5. The molecule has 61 heavy (non-hydrogen) atoms. The molecule has 0 bridgehead atoms. The molecule has 4 heterocycles. The second-order valence-corrected chi connectivity index (χ2v) is 14.9. The Bertz CT molecular complexity index is 2340. The van der Waals surface area contributed by atoms with Gasteiger partial charge in [-0.1, -0.05) is 62.4 Å². The molecule has 3 aromatic carbocycles. The molecule has 3 aromatic heterocycles. The molecule has 15 heteroatoms. The number of H-pyrrole nitrogens is 2. The second kappa shape index (κ2) is 22.8. The maximum Gasteiger partial charge on any atom is 0.292 e. The van der Waals surface area contributed by atoms with E-state index < -0.39 is 0 Å². The van der Waals surface area contributed by atoms with Gasteiger partial charge in [-0.3, -0.25) is 19.2 Å². The number of fused-ring (bicyclic) bond motifs is 2. The fourth-order valence-electron chi connectivity index (χ4n) is 7.50. The number of aromatic amines is 2. The summed E-state index contributed by atoms with van der Waals surface area (Å²) in [5.74, 6) is 2.09. The van der Waals surface area contributed by atoms with Gasteiger partial charge in [0.25, 0.3) is 12.9 Å². The van der Waals surface area contributed by atoms with Crippen LogP contribution in [0.5, 0.6) is 0 Å². The van der Waals surface area contributed by atoms with Crippen LogP contribution in [-0.4, -0.2) is 102 Å². The summed E-state index contributed by atoms with van der Waals surface area (Å²) in [6.45, 7) is 6.26. The van der Waals surface area contributed by atoms with Gasteiger partial charge in [-0.05, 0) is 92.7 Å². The van der Waals surface area contributed by atoms with Gasteiger partial charge in [-0.2, -0.15) is 0 Å². The molecular weight excluding hydrogens is 775 g/mol. The summed E-state index contributed by atoms with van der Waals surface area (Å²) in [5, 5.41) is 10.4. The number of carbonyl (C=O) groups is 4. The van der Waals surface area contributed by atoms with Gasteiger partial charge in [0.2, 0.25) is 11.8 Å². The third-order valence-corrected chi connectivity index (χ3v) is 10.5. The fraction of sp³-hybridized carbons (Fsp3) is 0.370. The lowest BCUT2D eigenvalue weighted by molar-refractivity contribution is -0.135. The van der Waals surface area contributed by atoms with Gasteiger partial charge in [0.15, 0.2) is 0 Å². The summed E-state index contributed by atoms with van der Waals surface area (Å²) in [6, 6.07) is 25.9. The van der Waals surface area contributed by atoms with E-state index in [2.05, 4.69) is 96.7 Å². The maximum absolute atomic E-state index is 13.4. The van der Waals surface area contributed by atoms with Crippen molar-refractivity contribution in [1.29, 1.82) is 0 Å². The minimum atomic E-state index is -0.362. The summed E-state index contributed by atoms with van der Waals surface area (Å²) < 4.78 is 7.72. The predicted octanol–water partition coefficient (Wildman–Crippen LogP) is 6.05. The topological polar surface area (TPSA) is 196 Å². The SMILES string of the molecule is CNC(C(=O)NCCCCc1ncc(-c2ccc3cc(-c4ccc5nc(C6CCCN6C(=O)C(NC)C(C)C)[nH]c5c4)ccc3n2)[nH]1)c1ccccc1.COC=O.COC=O. The molecule has 0 radical (unpaired) electrons. The molecule has 6 aromatic rings. The molecule has 3 unspecified atom stereocenters. The quantitative estimate of drug-likeness (QED) is 0.0563. The lowest BCUT2D eigenvalue weighted by Gasteiger charge is -2.29. The summed E-state index contributed by atoms with van der Waals surface area (Å²) >= 11 is 0. The van der Waals surface area contributed by atoms with Gasteiger partial charge in [-0.15, -0.1) is 0 Å². The van der Waals surface area contributed by atoms with Crippen LogP contribution in [0.4, 0.5) is 0 Å². The monoisotopic (exact) mass is 831 g/mol. The molecule has 7 rings (SSSR count). The molecule has 2 amide bonds. The van der Waals surface area contributed by atoms with Gasteiger partial charge in [0.1, 0.15) is 17.7 Å². The highest BCUT2D eigenvalue weighted by molar-refractivity contribution is 5.89. The second-order valence-electron chi connectivity index (χ2n) is 14.9. The van der Waals surface area contributed by atoms with Gasteiger partial charge in [-0.25, -0.2) is 15.0 Å². The molecular formula is C46H57N9O6. The molecule has 3 atom stereocenters. The number of hydrogen-bond acceptors (Lipinski definition) is 11. The number of aromatic nitrogens is 5. The Morgan fingerprint density at radius 2 is 1.57 bits per heavy atom. The smallest absolute Gasteiger partial charge is 0.292 e. The molecule has 15 nitrogen and oxygen atoms in total. The van der Waals surface area contributed by atoms with E-state index in [0.717, 1.165) is 100 Å². The van der Waals surface area contributed by atoms with Crippen LogP contribution in [0.1, 0.15) is 68.8 Å². The minimum absolute atomic E-state index is 0.0208. The number of imidazole rings is 2. The largest absolute Gasteiger partial charge is 0.471 e. The summed E-state index contributed by atoms with van der Waals surface area (Å²) in [4.78, 5) is 67.4. The lowest BCUT2D eigenvalue weighted by Crippen LogP contribution is -2.47. The standard InChI is InChI=1S/C42H49N9O2.2C2H4O2/c1-26(2)38(43-3)42(53)51-22-10-13-36(51)40-49-32-19-16-29(24-34(32)50-40)28-15-18-31-30(23-28)17-20-33(47-31)35-25-46-37(48-35)14-8-9-21-45-41(52)39(44-4)27-11-6-5-7-12-27;2*1-4-2-3/h5-7,11-12,15-20,23-26,36,38-39,43-44H,8-10,13-14,21-22H2,1-4H3,(H,45,52)(H,46,48)(H,49,50);2*2H,1H3. The molecule has 1 aliphatic rings. The Balaban J connectivity index is 0.000000810. The predicted molar refractivity (Wildman–Crippen MR) is 236 cm³/mol. The number of unbranched alkanes of at least 4 members (excludes halogenated alkanes) is 1. The van der Waals surface area contributed by atoms with E-state index in [-0.39, 0.29) is 35.9 Å². The number of pyridine rings is 1. The Kier molecular flexibility index (Phi) is 17.0. The highest BCUT2D eigenvalue weighted by Crippen LogP contribution is 2.34. The molecule has 0 saturated carbocycles. The van der Waals surface area contributed by atoms with Crippen molar-refractivity contribution in [3.63, 3.8) is 0 Å². The van der Waals surface area contributed by atoms with E-state index >= 15 is 0 Å². The first-order chi connectivity index (χ1) is 29.6. The number of rotatable bonds is 16. The van der Waals surface area contributed by atoms with E-state index in [1.807, 2.05) is 54.5 Å². The van der Waals surface area contributed by atoms with Gasteiger partial charge < -0.3 is 40.3 Å². The van der Waals surface area contributed by atoms with Crippen LogP contribution in [0, 0.1) is 5.92 Å². The Labute approximate surface area is 356 Å². The van der Waals surface area contributed by atoms with Crippen molar-refractivity contribution in [2.45, 2.75) is 64.1 Å². The summed E-state index contributed by atoms with van der Waals surface area (Å²) in [6.07, 6.45) is 6.26. The highest BCUT2D eigenvalue weighted by atomic mass is 16.5. The number of methoxy groups -OCH3 is 2. The first-order valence-corrected chi connectivity index (χ1v) is 20.5. The zero-order chi connectivity index (χ0) is 43.7. The van der Waals surface area contributed by atoms with E-state index in [0.29, 0.717) is 19.5 Å². The van der Waals surface area contributed by atoms with Gasteiger partial charge in [0.05, 0.1) is 60.4 Å². The zero-order valence-electron chi connectivity index (χ0n) is 35.7. The normalized spacial score (nSPS) is 14.3. The van der Waals surface area contributed by atoms with Crippen molar-refractivity contribution in [3.8, 4) is 22.5 Å². The number of amides is 2. The van der Waals surface area contributed by atoms with Crippen molar-refractivity contribution < 1.29 is 28.7 Å². The summed E-state index contributed by atoms with van der Waals surface area (Å²) in [7, 11) is 6.28. The van der Waals surface area contributed by atoms with Crippen molar-refractivity contribution >= 4 is 46.7 Å². The number of benzene rings is 3. The number of hydrogen-bond donors (Lipinski definition) is 5. The van der Waals surface area contributed by atoms with Gasteiger partial charge in [0, 0.05) is 24.9 Å². The zero-order valence-corrected chi connectivity index (χ0v) is 35.7. The Morgan fingerprint density at radius 1 is 0.869 bits per heavy atom. The van der Waals surface area contributed by atoms with Crippen molar-refractivity contribution in [3.05, 3.63) is 102 Å². The number of nitrogens with one attached hydrogen (secondary N) is 5. The molecule has 1 fully saturated rings. The average molecular weight is 832 g/mol. The van der Waals surface area contributed by atoms with E-state index in [9.17, 15) is 9.59 Å². The van der Waals surface area contributed by atoms with Crippen molar-refractivity contribution in [2.75, 3.05) is 41.4 Å². The fourth-order valence-corrected chi connectivity index (χ4v) is 7.50. The number of aryl methyl sites for hydroxylation is 1. The number of carbonyl (C=O) groups excluding carboxylic acids is 4.